The van der Waals surface area contributed by atoms with Crippen LogP contribution in [-0.2, 0) is 10.3 Å². The highest BCUT2D eigenvalue weighted by Crippen LogP contribution is 2.27. The van der Waals surface area contributed by atoms with Crippen molar-refractivity contribution in [2.45, 2.75) is 12.5 Å². The van der Waals surface area contributed by atoms with E-state index in [0.29, 0.717) is 11.3 Å². The van der Waals surface area contributed by atoms with Gasteiger partial charge in [-0.3, -0.25) is 29.8 Å². The van der Waals surface area contributed by atoms with Crippen LogP contribution < -0.4 is 21.3 Å². The van der Waals surface area contributed by atoms with Gasteiger partial charge >= 0.3 is 6.03 Å². The summed E-state index contributed by atoms with van der Waals surface area (Å²) in [6.07, 6.45) is 0. The average molecular weight is 378 g/mol. The summed E-state index contributed by atoms with van der Waals surface area (Å²) in [5, 5.41) is 9.59. The molecule has 2 aromatic rings. The number of nitrogens with one attached hydrogen (secondary N) is 4. The molecule has 1 saturated heterocycles. The van der Waals surface area contributed by atoms with Crippen molar-refractivity contribution in [3.05, 3.63) is 64.7 Å². The molecule has 0 spiro atoms. The summed E-state index contributed by atoms with van der Waals surface area (Å²) in [6, 6.07) is 10.1. The molecule has 0 aromatic heterocycles. The van der Waals surface area contributed by atoms with E-state index in [1.54, 1.807) is 31.2 Å². The van der Waals surface area contributed by atoms with Crippen LogP contribution in [0.15, 0.2) is 42.5 Å². The van der Waals surface area contributed by atoms with Gasteiger partial charge in [0.15, 0.2) is 0 Å². The Hall–Kier alpha value is -4.01. The van der Waals surface area contributed by atoms with Gasteiger partial charge in [-0.15, -0.1) is 0 Å². The minimum Gasteiger partial charge on any atom is -0.322 e. The molecule has 0 bridgehead atoms. The largest absolute Gasteiger partial charge is 0.322 e. The zero-order valence-electron chi connectivity index (χ0n) is 14.6. The van der Waals surface area contributed by atoms with Gasteiger partial charge in [0.05, 0.1) is 11.1 Å². The number of anilines is 1. The third kappa shape index (κ3) is 2.69. The monoisotopic (exact) mass is 378 g/mol. The molecule has 1 atom stereocenters. The highest BCUT2D eigenvalue weighted by molar-refractivity contribution is 6.22. The van der Waals surface area contributed by atoms with Gasteiger partial charge in [0, 0.05) is 11.3 Å². The Kier molecular flexibility index (Phi) is 3.74. The normalized spacial score (nSPS) is 20.3. The summed E-state index contributed by atoms with van der Waals surface area (Å²) in [4.78, 5) is 59.5. The first kappa shape index (κ1) is 17.4. The maximum absolute atomic E-state index is 12.6. The highest BCUT2D eigenvalue weighted by Gasteiger charge is 2.43. The van der Waals surface area contributed by atoms with Crippen molar-refractivity contribution in [2.24, 2.45) is 0 Å². The van der Waals surface area contributed by atoms with E-state index in [9.17, 15) is 24.0 Å². The van der Waals surface area contributed by atoms with Crippen LogP contribution in [0.1, 0.15) is 43.6 Å². The van der Waals surface area contributed by atoms with Crippen molar-refractivity contribution in [3.63, 3.8) is 0 Å². The second-order valence-corrected chi connectivity index (χ2v) is 6.61. The maximum atomic E-state index is 12.6. The number of imide groups is 2. The van der Waals surface area contributed by atoms with Gasteiger partial charge in [0.25, 0.3) is 23.6 Å². The molecular weight excluding hydrogens is 364 g/mol. The lowest BCUT2D eigenvalue weighted by molar-refractivity contribution is -0.123. The van der Waals surface area contributed by atoms with Crippen LogP contribution in [0, 0.1) is 0 Å². The molecule has 1 fully saturated rings. The fourth-order valence-electron chi connectivity index (χ4n) is 3.17. The van der Waals surface area contributed by atoms with Crippen molar-refractivity contribution in [1.29, 1.82) is 0 Å². The zero-order valence-corrected chi connectivity index (χ0v) is 14.6. The molecule has 2 heterocycles. The number of urea groups is 1. The Morgan fingerprint density at radius 1 is 0.929 bits per heavy atom. The molecule has 9 nitrogen and oxygen atoms in total. The van der Waals surface area contributed by atoms with E-state index >= 15 is 0 Å². The molecule has 0 aliphatic carbocycles. The SMILES string of the molecule is CC1(c2cccc(NC(=O)c3ccc4c(c3)C(=O)NC4=O)c2)NC(=O)NC1=O. The molecule has 1 unspecified atom stereocenters. The highest BCUT2D eigenvalue weighted by atomic mass is 16.2. The third-order valence-corrected chi connectivity index (χ3v) is 4.74. The van der Waals surface area contributed by atoms with Crippen LogP contribution in [-0.4, -0.2) is 29.7 Å². The van der Waals surface area contributed by atoms with E-state index in [1.165, 1.54) is 18.2 Å². The molecule has 4 N–H and O–H groups in total. The summed E-state index contributed by atoms with van der Waals surface area (Å²) >= 11 is 0. The van der Waals surface area contributed by atoms with Gasteiger partial charge in [-0.2, -0.15) is 0 Å². The lowest BCUT2D eigenvalue weighted by atomic mass is 9.92. The van der Waals surface area contributed by atoms with E-state index < -0.39 is 35.2 Å². The quantitative estimate of drug-likeness (QED) is 0.465. The second-order valence-electron chi connectivity index (χ2n) is 6.61. The van der Waals surface area contributed by atoms with Crippen molar-refractivity contribution >= 4 is 35.3 Å². The first-order valence-corrected chi connectivity index (χ1v) is 8.33. The van der Waals surface area contributed by atoms with Crippen molar-refractivity contribution in [2.75, 3.05) is 5.32 Å². The van der Waals surface area contributed by atoms with Crippen LogP contribution in [0.5, 0.6) is 0 Å². The van der Waals surface area contributed by atoms with Crippen LogP contribution in [0.3, 0.4) is 0 Å². The van der Waals surface area contributed by atoms with Gasteiger partial charge < -0.3 is 10.6 Å². The number of benzene rings is 2. The minimum absolute atomic E-state index is 0.143. The standard InChI is InChI=1S/C19H14N4O5/c1-19(17(27)22-18(28)23-19)10-3-2-4-11(8-10)20-14(24)9-5-6-12-13(7-9)16(26)21-15(12)25/h2-8H,1H3,(H,20,24)(H,21,25,26)(H2,22,23,27,28). The maximum Gasteiger partial charge on any atom is 0.322 e. The zero-order chi connectivity index (χ0) is 20.1. The molecule has 0 radical (unpaired) electrons. The van der Waals surface area contributed by atoms with E-state index in [2.05, 4.69) is 21.3 Å². The van der Waals surface area contributed by atoms with Crippen molar-refractivity contribution in [3.8, 4) is 0 Å². The predicted octanol–water partition coefficient (Wildman–Crippen LogP) is 0.877. The molecular formula is C19H14N4O5. The molecule has 2 aliphatic heterocycles. The molecule has 28 heavy (non-hydrogen) atoms. The van der Waals surface area contributed by atoms with Crippen LogP contribution in [0.4, 0.5) is 10.5 Å². The predicted molar refractivity (Wildman–Crippen MR) is 96.7 cm³/mol. The Labute approximate surface area is 158 Å². The second kappa shape index (κ2) is 6.02. The lowest BCUT2D eigenvalue weighted by Gasteiger charge is -2.21. The Balaban J connectivity index is 1.59. The van der Waals surface area contributed by atoms with Gasteiger partial charge in [-0.25, -0.2) is 4.79 Å². The summed E-state index contributed by atoms with van der Waals surface area (Å²) in [5.41, 5.74) is 0.214. The van der Waals surface area contributed by atoms with E-state index in [0.717, 1.165) is 0 Å². The summed E-state index contributed by atoms with van der Waals surface area (Å²) in [6.45, 7) is 1.56. The molecule has 2 aromatic carbocycles. The fourth-order valence-corrected chi connectivity index (χ4v) is 3.17. The summed E-state index contributed by atoms with van der Waals surface area (Å²) < 4.78 is 0. The van der Waals surface area contributed by atoms with Crippen LogP contribution in [0.2, 0.25) is 0 Å². The number of amides is 6. The van der Waals surface area contributed by atoms with Crippen LogP contribution in [0.25, 0.3) is 0 Å². The van der Waals surface area contributed by atoms with E-state index in [1.807, 2.05) is 0 Å². The van der Waals surface area contributed by atoms with E-state index in [-0.39, 0.29) is 16.7 Å². The molecule has 0 saturated carbocycles. The lowest BCUT2D eigenvalue weighted by Crippen LogP contribution is -2.40. The van der Waals surface area contributed by atoms with Crippen molar-refractivity contribution < 1.29 is 24.0 Å². The number of carbonyl (C=O) groups is 5. The first-order chi connectivity index (χ1) is 13.3. The molecule has 4 rings (SSSR count). The first-order valence-electron chi connectivity index (χ1n) is 8.33. The molecule has 140 valence electrons. The van der Waals surface area contributed by atoms with Gasteiger partial charge in [0.1, 0.15) is 5.54 Å². The summed E-state index contributed by atoms with van der Waals surface area (Å²) in [7, 11) is 0. The summed E-state index contributed by atoms with van der Waals surface area (Å²) in [5.74, 6) is -2.02. The topological polar surface area (TPSA) is 133 Å². The van der Waals surface area contributed by atoms with Gasteiger partial charge in [-0.1, -0.05) is 12.1 Å². The molecule has 9 heteroatoms. The minimum atomic E-state index is -1.25. The number of rotatable bonds is 3. The van der Waals surface area contributed by atoms with Crippen molar-refractivity contribution in [1.82, 2.24) is 16.0 Å². The Bertz CT molecular complexity index is 1090. The number of carbonyl (C=O) groups excluding carboxylic acids is 5. The van der Waals surface area contributed by atoms with Gasteiger partial charge in [0.2, 0.25) is 0 Å². The van der Waals surface area contributed by atoms with E-state index in [4.69, 9.17) is 0 Å². The number of hydrogen-bond donors (Lipinski definition) is 4. The Morgan fingerprint density at radius 2 is 1.68 bits per heavy atom. The molecule has 2 aliphatic rings. The Morgan fingerprint density at radius 3 is 2.39 bits per heavy atom. The smallest absolute Gasteiger partial charge is 0.322 e. The number of hydrogen-bond acceptors (Lipinski definition) is 5. The fraction of sp³-hybridized carbons (Fsp3) is 0.105. The molecule has 6 amide bonds. The average Bonchev–Trinajstić information content (AvgIpc) is 3.10. The van der Waals surface area contributed by atoms with Crippen LogP contribution >= 0.6 is 0 Å². The number of fused-ring (bicyclic) bond motifs is 1. The third-order valence-electron chi connectivity index (χ3n) is 4.74. The van der Waals surface area contributed by atoms with Gasteiger partial charge in [-0.05, 0) is 42.8 Å².